The first kappa shape index (κ1) is 17.8. The lowest BCUT2D eigenvalue weighted by Gasteiger charge is -2.35. The molecule has 25 heavy (non-hydrogen) atoms. The van der Waals surface area contributed by atoms with E-state index in [2.05, 4.69) is 27.9 Å². The molecule has 5 nitrogen and oxygen atoms in total. The van der Waals surface area contributed by atoms with Gasteiger partial charge in [0.05, 0.1) is 16.8 Å². The van der Waals surface area contributed by atoms with Crippen molar-refractivity contribution in [1.29, 1.82) is 5.26 Å². The van der Waals surface area contributed by atoms with Crippen molar-refractivity contribution < 1.29 is 5.11 Å². The number of aromatic nitrogens is 2. The maximum absolute atomic E-state index is 10.4. The molecule has 130 valence electrons. The van der Waals surface area contributed by atoms with Crippen LogP contribution in [-0.2, 0) is 0 Å². The molecule has 1 aromatic heterocycles. The molecule has 0 bridgehead atoms. The Morgan fingerprint density at radius 1 is 1.48 bits per heavy atom. The highest BCUT2D eigenvalue weighted by molar-refractivity contribution is 8.23. The van der Waals surface area contributed by atoms with Gasteiger partial charge < -0.3 is 15.0 Å². The van der Waals surface area contributed by atoms with Gasteiger partial charge in [0.2, 0.25) is 0 Å². The second-order valence-electron chi connectivity index (χ2n) is 6.13. The molecule has 7 heteroatoms. The van der Waals surface area contributed by atoms with E-state index in [9.17, 15) is 10.4 Å². The summed E-state index contributed by atoms with van der Waals surface area (Å²) in [6, 6.07) is 10.0. The molecule has 0 radical (unpaired) electrons. The van der Waals surface area contributed by atoms with Crippen LogP contribution in [0.3, 0.4) is 0 Å². The van der Waals surface area contributed by atoms with Gasteiger partial charge >= 0.3 is 0 Å². The Labute approximate surface area is 156 Å². The molecule has 1 fully saturated rings. The molecular formula is C18H20N4OS2. The van der Waals surface area contributed by atoms with Crippen LogP contribution in [-0.4, -0.2) is 42.6 Å². The molecule has 0 aliphatic carbocycles. The number of aromatic amines is 1. The fraction of sp³-hybridized carbons (Fsp3) is 0.389. The smallest absolute Gasteiger partial charge is 0.152 e. The molecule has 1 atom stereocenters. The minimum absolute atomic E-state index is 0.00133. The zero-order valence-corrected chi connectivity index (χ0v) is 15.7. The summed E-state index contributed by atoms with van der Waals surface area (Å²) < 4.78 is 0.778. The topological polar surface area (TPSA) is 75.9 Å². The lowest BCUT2D eigenvalue weighted by Crippen LogP contribution is -2.39. The second kappa shape index (κ2) is 7.89. The molecular weight excluding hydrogens is 352 g/mol. The number of fused-ring (bicyclic) bond motifs is 1. The number of piperidine rings is 1. The molecule has 0 amide bonds. The minimum atomic E-state index is -0.00133. The fourth-order valence-corrected chi connectivity index (χ4v) is 4.27. The first-order valence-corrected chi connectivity index (χ1v) is 9.70. The predicted molar refractivity (Wildman–Crippen MR) is 106 cm³/mol. The van der Waals surface area contributed by atoms with Crippen LogP contribution in [0.4, 0.5) is 0 Å². The molecule has 1 aliphatic rings. The van der Waals surface area contributed by atoms with Crippen molar-refractivity contribution >= 4 is 44.9 Å². The molecule has 1 aromatic carbocycles. The number of benzene rings is 1. The van der Waals surface area contributed by atoms with E-state index in [0.29, 0.717) is 11.9 Å². The summed E-state index contributed by atoms with van der Waals surface area (Å²) in [6.45, 7) is 3.14. The standard InChI is InChI=1S/C18H20N4OS2/c1-12-6-4-5-9-22(12)18(24)25-11-16(23)13(10-19)17-20-14-7-2-3-8-15(14)21-17/h2-3,7-8,12,23H,4-6,9,11H2,1H3,(H,20,21)/t12-/m1/s1. The third-order valence-electron chi connectivity index (χ3n) is 4.40. The van der Waals surface area contributed by atoms with Crippen LogP contribution >= 0.6 is 24.0 Å². The van der Waals surface area contributed by atoms with Crippen LogP contribution in [0.25, 0.3) is 16.6 Å². The number of para-hydroxylation sites is 2. The molecule has 1 aliphatic heterocycles. The number of imidazole rings is 1. The van der Waals surface area contributed by atoms with Gasteiger partial charge in [0.1, 0.15) is 21.7 Å². The van der Waals surface area contributed by atoms with E-state index >= 15 is 0 Å². The van der Waals surface area contributed by atoms with Crippen molar-refractivity contribution in [2.24, 2.45) is 0 Å². The van der Waals surface area contributed by atoms with Crippen LogP contribution in [0.5, 0.6) is 0 Å². The number of nitriles is 1. The number of hydrogen-bond donors (Lipinski definition) is 2. The molecule has 1 saturated heterocycles. The zero-order valence-electron chi connectivity index (χ0n) is 14.0. The van der Waals surface area contributed by atoms with E-state index in [-0.39, 0.29) is 17.1 Å². The second-order valence-corrected chi connectivity index (χ2v) is 7.74. The number of likely N-dealkylation sites (tertiary alicyclic amines) is 1. The van der Waals surface area contributed by atoms with Crippen LogP contribution in [0, 0.1) is 11.3 Å². The lowest BCUT2D eigenvalue weighted by molar-refractivity contribution is 0.267. The van der Waals surface area contributed by atoms with Gasteiger partial charge in [-0.05, 0) is 38.3 Å². The average molecular weight is 373 g/mol. The Hall–Kier alpha value is -2.04. The minimum Gasteiger partial charge on any atom is -0.510 e. The normalized spacial score (nSPS) is 18.7. The first-order valence-electron chi connectivity index (χ1n) is 8.31. The van der Waals surface area contributed by atoms with Crippen molar-refractivity contribution in [2.75, 3.05) is 12.3 Å². The Kier molecular flexibility index (Phi) is 5.61. The molecule has 2 heterocycles. The zero-order chi connectivity index (χ0) is 17.8. The summed E-state index contributed by atoms with van der Waals surface area (Å²) in [5, 5.41) is 19.8. The summed E-state index contributed by atoms with van der Waals surface area (Å²) in [5.41, 5.74) is 1.77. The molecule has 2 aromatic rings. The number of hydrogen-bond acceptors (Lipinski definition) is 5. The largest absolute Gasteiger partial charge is 0.510 e. The van der Waals surface area contributed by atoms with Crippen molar-refractivity contribution in [3.05, 3.63) is 35.8 Å². The highest BCUT2D eigenvalue weighted by Gasteiger charge is 2.21. The van der Waals surface area contributed by atoms with Gasteiger partial charge in [0, 0.05) is 12.6 Å². The number of aliphatic hydroxyl groups excluding tert-OH is 1. The monoisotopic (exact) mass is 372 g/mol. The number of thiocarbonyl (C=S) groups is 1. The van der Waals surface area contributed by atoms with Crippen LogP contribution < -0.4 is 0 Å². The quantitative estimate of drug-likeness (QED) is 0.477. The molecule has 0 saturated carbocycles. The average Bonchev–Trinajstić information content (AvgIpc) is 3.04. The molecule has 0 spiro atoms. The number of allylic oxidation sites excluding steroid dienone is 1. The summed E-state index contributed by atoms with van der Waals surface area (Å²) in [4.78, 5) is 9.68. The lowest BCUT2D eigenvalue weighted by atomic mass is 10.1. The number of rotatable bonds is 3. The van der Waals surface area contributed by atoms with Crippen LogP contribution in [0.1, 0.15) is 32.0 Å². The van der Waals surface area contributed by atoms with Crippen molar-refractivity contribution in [3.63, 3.8) is 0 Å². The maximum Gasteiger partial charge on any atom is 0.152 e. The predicted octanol–water partition coefficient (Wildman–Crippen LogP) is 4.25. The Morgan fingerprint density at radius 3 is 3.00 bits per heavy atom. The van der Waals surface area contributed by atoms with Crippen molar-refractivity contribution in [2.45, 2.75) is 32.2 Å². The third-order valence-corrected chi connectivity index (χ3v) is 5.88. The number of nitrogens with zero attached hydrogens (tertiary/aromatic N) is 3. The van der Waals surface area contributed by atoms with Gasteiger partial charge in [-0.15, -0.1) is 0 Å². The highest BCUT2D eigenvalue weighted by atomic mass is 32.2. The SMILES string of the molecule is C[C@@H]1CCCCN1C(=S)SCC(O)=C(C#N)c1nc2ccccc2[nH]1. The van der Waals surface area contributed by atoms with Crippen molar-refractivity contribution in [3.8, 4) is 6.07 Å². The first-order chi connectivity index (χ1) is 12.1. The number of thioether (sulfide) groups is 1. The number of aliphatic hydroxyl groups is 1. The summed E-state index contributed by atoms with van der Waals surface area (Å²) in [6.07, 6.45) is 3.53. The molecule has 3 rings (SSSR count). The van der Waals surface area contributed by atoms with Gasteiger partial charge in [-0.25, -0.2) is 4.98 Å². The Morgan fingerprint density at radius 2 is 2.28 bits per heavy atom. The van der Waals surface area contributed by atoms with Gasteiger partial charge in [-0.3, -0.25) is 0 Å². The van der Waals surface area contributed by atoms with E-state index in [1.54, 1.807) is 0 Å². The fourth-order valence-electron chi connectivity index (χ4n) is 2.98. The maximum atomic E-state index is 10.4. The molecule has 2 N–H and O–H groups in total. The van der Waals surface area contributed by atoms with Crippen LogP contribution in [0.15, 0.2) is 30.0 Å². The van der Waals surface area contributed by atoms with E-state index in [1.807, 2.05) is 24.3 Å². The summed E-state index contributed by atoms with van der Waals surface area (Å²) >= 11 is 6.91. The molecule has 0 unspecified atom stereocenters. The Balaban J connectivity index is 1.73. The van der Waals surface area contributed by atoms with Gasteiger partial charge in [0.25, 0.3) is 0 Å². The third kappa shape index (κ3) is 3.97. The highest BCUT2D eigenvalue weighted by Crippen LogP contribution is 2.25. The van der Waals surface area contributed by atoms with E-state index in [1.165, 1.54) is 18.2 Å². The number of H-pyrrole nitrogens is 1. The summed E-state index contributed by atoms with van der Waals surface area (Å²) in [5.74, 6) is 0.653. The van der Waals surface area contributed by atoms with Gasteiger partial charge in [-0.2, -0.15) is 5.26 Å². The van der Waals surface area contributed by atoms with E-state index in [4.69, 9.17) is 12.2 Å². The van der Waals surface area contributed by atoms with E-state index in [0.717, 1.165) is 34.7 Å². The Bertz CT molecular complexity index is 819. The number of nitrogens with one attached hydrogen (secondary N) is 1. The van der Waals surface area contributed by atoms with Crippen molar-refractivity contribution in [1.82, 2.24) is 14.9 Å². The van der Waals surface area contributed by atoms with Crippen LogP contribution in [0.2, 0.25) is 0 Å². The van der Waals surface area contributed by atoms with Gasteiger partial charge in [0.15, 0.2) is 5.82 Å². The summed E-state index contributed by atoms with van der Waals surface area (Å²) in [7, 11) is 0. The van der Waals surface area contributed by atoms with E-state index < -0.39 is 0 Å². The van der Waals surface area contributed by atoms with Gasteiger partial charge in [-0.1, -0.05) is 36.1 Å².